The lowest BCUT2D eigenvalue weighted by Gasteiger charge is -2.37. The second-order valence-electron chi connectivity index (χ2n) is 8.17. The fourth-order valence-corrected chi connectivity index (χ4v) is 4.56. The molecule has 0 spiro atoms. The zero-order chi connectivity index (χ0) is 21.4. The summed E-state index contributed by atoms with van der Waals surface area (Å²) in [7, 11) is 0. The largest absolute Gasteiger partial charge is 0.437 e. The van der Waals surface area contributed by atoms with Gasteiger partial charge in [0.15, 0.2) is 0 Å². The minimum atomic E-state index is 0.561. The van der Waals surface area contributed by atoms with Crippen LogP contribution in [-0.4, -0.2) is 47.1 Å². The molecule has 1 saturated heterocycles. The molecule has 1 aliphatic heterocycles. The molecule has 1 aliphatic rings. The fourth-order valence-electron chi connectivity index (χ4n) is 4.29. The van der Waals surface area contributed by atoms with E-state index in [9.17, 15) is 0 Å². The number of piperazine rings is 1. The van der Waals surface area contributed by atoms with Gasteiger partial charge in [-0.05, 0) is 31.5 Å². The minimum Gasteiger partial charge on any atom is -0.437 e. The topological polar surface area (TPSA) is 45.4 Å². The lowest BCUT2D eigenvalue weighted by molar-refractivity contribution is 0.209. The molecule has 3 heterocycles. The minimum absolute atomic E-state index is 0.561. The first-order valence-corrected chi connectivity index (χ1v) is 11.5. The van der Waals surface area contributed by atoms with Crippen molar-refractivity contribution in [3.63, 3.8) is 0 Å². The van der Waals surface area contributed by atoms with Crippen LogP contribution in [0.5, 0.6) is 0 Å². The maximum Gasteiger partial charge on any atom is 0.232 e. The van der Waals surface area contributed by atoms with E-state index < -0.39 is 0 Å². The van der Waals surface area contributed by atoms with Crippen LogP contribution in [0.1, 0.15) is 13.8 Å². The van der Waals surface area contributed by atoms with E-state index in [0.29, 0.717) is 11.8 Å². The first kappa shape index (κ1) is 20.2. The summed E-state index contributed by atoms with van der Waals surface area (Å²) < 4.78 is 7.41. The van der Waals surface area contributed by atoms with E-state index in [2.05, 4.69) is 81.0 Å². The number of aromatic nitrogens is 2. The van der Waals surface area contributed by atoms with Gasteiger partial charge in [0.2, 0.25) is 5.71 Å². The zero-order valence-electron chi connectivity index (χ0n) is 17.8. The van der Waals surface area contributed by atoms with Gasteiger partial charge in [0.05, 0.1) is 5.39 Å². The number of anilines is 1. The Hall–Kier alpha value is -2.70. The molecule has 31 heavy (non-hydrogen) atoms. The van der Waals surface area contributed by atoms with Crippen molar-refractivity contribution in [2.45, 2.75) is 19.9 Å². The molecule has 0 amide bonds. The van der Waals surface area contributed by atoms with Gasteiger partial charge in [-0.25, -0.2) is 9.97 Å². The van der Waals surface area contributed by atoms with Crippen LogP contribution in [0.25, 0.3) is 33.6 Å². The van der Waals surface area contributed by atoms with Crippen LogP contribution in [-0.2, 0) is 0 Å². The second-order valence-corrected chi connectivity index (χ2v) is 9.09. The van der Waals surface area contributed by atoms with Crippen molar-refractivity contribution in [1.82, 2.24) is 14.9 Å². The van der Waals surface area contributed by atoms with Crippen molar-refractivity contribution in [3.8, 4) is 22.5 Å². The van der Waals surface area contributed by atoms with E-state index in [-0.39, 0.29) is 0 Å². The smallest absolute Gasteiger partial charge is 0.232 e. The summed E-state index contributed by atoms with van der Waals surface area (Å²) in [5, 5.41) is 0.990. The third kappa shape index (κ3) is 3.86. The van der Waals surface area contributed by atoms with Gasteiger partial charge in [-0.1, -0.05) is 58.4 Å². The molecule has 2 aromatic carbocycles. The molecule has 0 atom stereocenters. The van der Waals surface area contributed by atoms with Crippen LogP contribution < -0.4 is 4.90 Å². The summed E-state index contributed by atoms with van der Waals surface area (Å²) in [5.74, 6) is 1.79. The summed E-state index contributed by atoms with van der Waals surface area (Å²) in [6.45, 7) is 8.45. The summed E-state index contributed by atoms with van der Waals surface area (Å²) in [5.41, 5.74) is 3.82. The van der Waals surface area contributed by atoms with Crippen LogP contribution >= 0.6 is 15.9 Å². The van der Waals surface area contributed by atoms with Gasteiger partial charge in [0.25, 0.3) is 0 Å². The predicted octanol–water partition coefficient (Wildman–Crippen LogP) is 5.85. The number of halogens is 1. The highest BCUT2D eigenvalue weighted by Crippen LogP contribution is 2.43. The second kappa shape index (κ2) is 8.44. The first-order chi connectivity index (χ1) is 15.1. The van der Waals surface area contributed by atoms with Gasteiger partial charge in [-0.3, -0.25) is 4.90 Å². The third-order valence-electron chi connectivity index (χ3n) is 5.98. The first-order valence-electron chi connectivity index (χ1n) is 10.7. The molecule has 0 bridgehead atoms. The van der Waals surface area contributed by atoms with Gasteiger partial charge in [-0.15, -0.1) is 0 Å². The molecule has 1 fully saturated rings. The van der Waals surface area contributed by atoms with Gasteiger partial charge < -0.3 is 9.32 Å². The van der Waals surface area contributed by atoms with Crippen LogP contribution in [0.15, 0.2) is 69.8 Å². The predicted molar refractivity (Wildman–Crippen MR) is 129 cm³/mol. The lowest BCUT2D eigenvalue weighted by atomic mass is 9.99. The van der Waals surface area contributed by atoms with E-state index in [4.69, 9.17) is 9.40 Å². The molecule has 5 nitrogen and oxygen atoms in total. The van der Waals surface area contributed by atoms with Crippen molar-refractivity contribution >= 4 is 32.8 Å². The third-order valence-corrected chi connectivity index (χ3v) is 6.51. The van der Waals surface area contributed by atoms with Crippen LogP contribution in [0, 0.1) is 0 Å². The quantitative estimate of drug-likeness (QED) is 0.369. The molecule has 0 unspecified atom stereocenters. The average molecular weight is 477 g/mol. The fraction of sp³-hybridized carbons (Fsp3) is 0.280. The van der Waals surface area contributed by atoms with E-state index in [1.54, 1.807) is 6.33 Å². The molecule has 4 aromatic rings. The standard InChI is InChI=1S/C25H25BrN4O/c1-17(2)29-12-14-30(15-13-29)24-22-21(18-6-4-3-5-7-18)23(31-25(22)28-16-27-24)19-8-10-20(26)11-9-19/h3-11,16-17H,12-15H2,1-2H3. The highest BCUT2D eigenvalue weighted by atomic mass is 79.9. The van der Waals surface area contributed by atoms with Crippen molar-refractivity contribution in [2.24, 2.45) is 0 Å². The number of furan rings is 1. The Kier molecular flexibility index (Phi) is 5.50. The molecule has 0 aliphatic carbocycles. The molecular weight excluding hydrogens is 452 g/mol. The number of benzene rings is 2. The lowest BCUT2D eigenvalue weighted by Crippen LogP contribution is -2.49. The number of nitrogens with zero attached hydrogens (tertiary/aromatic N) is 4. The monoisotopic (exact) mass is 476 g/mol. The van der Waals surface area contributed by atoms with Crippen molar-refractivity contribution < 1.29 is 4.42 Å². The molecule has 5 rings (SSSR count). The summed E-state index contributed by atoms with van der Waals surface area (Å²) in [6.07, 6.45) is 1.62. The maximum atomic E-state index is 6.37. The number of fused-ring (bicyclic) bond motifs is 1. The molecule has 6 heteroatoms. The van der Waals surface area contributed by atoms with Crippen molar-refractivity contribution in [1.29, 1.82) is 0 Å². The summed E-state index contributed by atoms with van der Waals surface area (Å²) in [6, 6.07) is 19.2. The number of rotatable bonds is 4. The molecule has 0 saturated carbocycles. The van der Waals surface area contributed by atoms with Gasteiger partial charge in [0.1, 0.15) is 17.9 Å². The normalized spacial score (nSPS) is 15.2. The van der Waals surface area contributed by atoms with Crippen molar-refractivity contribution in [3.05, 3.63) is 65.4 Å². The van der Waals surface area contributed by atoms with Gasteiger partial charge in [0, 0.05) is 47.8 Å². The Balaban J connectivity index is 1.68. The van der Waals surface area contributed by atoms with Crippen LogP contribution in [0.4, 0.5) is 5.82 Å². The average Bonchev–Trinajstić information content (AvgIpc) is 3.20. The van der Waals surface area contributed by atoms with Gasteiger partial charge in [-0.2, -0.15) is 0 Å². The van der Waals surface area contributed by atoms with E-state index in [0.717, 1.165) is 64.3 Å². The molecule has 0 radical (unpaired) electrons. The van der Waals surface area contributed by atoms with Crippen molar-refractivity contribution in [2.75, 3.05) is 31.1 Å². The Morgan fingerprint density at radius 2 is 1.58 bits per heavy atom. The Labute approximate surface area is 190 Å². The Bertz CT molecular complexity index is 1180. The highest BCUT2D eigenvalue weighted by molar-refractivity contribution is 9.10. The van der Waals surface area contributed by atoms with E-state index in [1.807, 2.05) is 18.2 Å². The maximum absolute atomic E-state index is 6.37. The molecular formula is C25H25BrN4O. The zero-order valence-corrected chi connectivity index (χ0v) is 19.3. The SMILES string of the molecule is CC(C)N1CCN(c2ncnc3oc(-c4ccc(Br)cc4)c(-c4ccccc4)c23)CC1. The highest BCUT2D eigenvalue weighted by Gasteiger charge is 2.27. The van der Waals surface area contributed by atoms with E-state index in [1.165, 1.54) is 0 Å². The number of hydrogen-bond acceptors (Lipinski definition) is 5. The van der Waals surface area contributed by atoms with E-state index >= 15 is 0 Å². The molecule has 2 aromatic heterocycles. The van der Waals surface area contributed by atoms with Crippen LogP contribution in [0.2, 0.25) is 0 Å². The van der Waals surface area contributed by atoms with Gasteiger partial charge >= 0.3 is 0 Å². The van der Waals surface area contributed by atoms with Crippen LogP contribution in [0.3, 0.4) is 0 Å². The Morgan fingerprint density at radius 1 is 0.871 bits per heavy atom. The summed E-state index contributed by atoms with van der Waals surface area (Å²) >= 11 is 3.53. The number of hydrogen-bond donors (Lipinski definition) is 0. The molecule has 158 valence electrons. The molecule has 0 N–H and O–H groups in total. The summed E-state index contributed by atoms with van der Waals surface area (Å²) in [4.78, 5) is 14.1. The Morgan fingerprint density at radius 3 is 2.26 bits per heavy atom.